The Morgan fingerprint density at radius 3 is 2.50 bits per heavy atom. The predicted molar refractivity (Wildman–Crippen MR) is 121 cm³/mol. The van der Waals surface area contributed by atoms with Crippen LogP contribution in [0.15, 0.2) is 34.1 Å². The maximum absolute atomic E-state index is 6.83. The van der Waals surface area contributed by atoms with Gasteiger partial charge in [0.2, 0.25) is 0 Å². The first kappa shape index (κ1) is 18.7. The molecule has 136 valence electrons. The van der Waals surface area contributed by atoms with E-state index in [1.807, 2.05) is 23.1 Å². The van der Waals surface area contributed by atoms with Gasteiger partial charge in [0.05, 0.1) is 10.1 Å². The predicted octanol–water partition coefficient (Wildman–Crippen LogP) is 9.25. The molecule has 0 N–H and O–H groups in total. The van der Waals surface area contributed by atoms with Gasteiger partial charge in [-0.3, -0.25) is 0 Å². The van der Waals surface area contributed by atoms with Crippen molar-refractivity contribution in [2.75, 3.05) is 0 Å². The Balaban J connectivity index is 1.94. The summed E-state index contributed by atoms with van der Waals surface area (Å²) in [6.07, 6.45) is 6.87. The number of hydrogen-bond acceptors (Lipinski definition) is 2. The van der Waals surface area contributed by atoms with Gasteiger partial charge in [-0.15, -0.1) is 11.3 Å². The molecule has 0 radical (unpaired) electrons. The highest BCUT2D eigenvalue weighted by molar-refractivity contribution is 8.03. The third-order valence-corrected chi connectivity index (χ3v) is 8.48. The fraction of sp³-hybridized carbons (Fsp3) is 0.364. The van der Waals surface area contributed by atoms with E-state index in [1.54, 1.807) is 0 Å². The average Bonchev–Trinajstić information content (AvgIpc) is 2.97. The summed E-state index contributed by atoms with van der Waals surface area (Å²) in [6, 6.07) is 8.82. The van der Waals surface area contributed by atoms with Crippen molar-refractivity contribution < 1.29 is 0 Å². The maximum atomic E-state index is 6.83. The minimum atomic E-state index is 0.929. The molecule has 3 aromatic rings. The number of rotatable bonds is 6. The van der Waals surface area contributed by atoms with Crippen LogP contribution in [0.5, 0.6) is 0 Å². The average molecular weight is 421 g/mol. The molecule has 0 bridgehead atoms. The monoisotopic (exact) mass is 420 g/mol. The molecule has 0 unspecified atom stereocenters. The lowest BCUT2D eigenvalue weighted by atomic mass is 10.00. The number of benzene rings is 2. The summed E-state index contributed by atoms with van der Waals surface area (Å²) in [6.45, 7) is 4.46. The molecule has 0 saturated heterocycles. The molecule has 0 atom stereocenters. The highest BCUT2D eigenvalue weighted by Gasteiger charge is 2.23. The Bertz CT molecular complexity index is 1010. The molecular formula is C22H22Cl2S2. The van der Waals surface area contributed by atoms with Crippen LogP contribution >= 0.6 is 46.3 Å². The number of thiophene rings is 1. The molecule has 0 saturated carbocycles. The van der Waals surface area contributed by atoms with Gasteiger partial charge < -0.3 is 0 Å². The zero-order valence-corrected chi connectivity index (χ0v) is 18.3. The quantitative estimate of drug-likeness (QED) is 0.382. The first-order chi connectivity index (χ1) is 12.7. The van der Waals surface area contributed by atoms with Crippen molar-refractivity contribution in [2.24, 2.45) is 0 Å². The smallest absolute Gasteiger partial charge is 0.0630 e. The summed E-state index contributed by atoms with van der Waals surface area (Å²) in [5.74, 6) is 0. The number of hydrogen-bond donors (Lipinski definition) is 0. The summed E-state index contributed by atoms with van der Waals surface area (Å²) >= 11 is 17.4. The van der Waals surface area contributed by atoms with E-state index in [1.165, 1.54) is 66.8 Å². The van der Waals surface area contributed by atoms with Crippen LogP contribution in [0.25, 0.3) is 25.9 Å². The fourth-order valence-corrected chi connectivity index (χ4v) is 6.95. The Labute approximate surface area is 173 Å². The Morgan fingerprint density at radius 2 is 1.73 bits per heavy atom. The van der Waals surface area contributed by atoms with Crippen LogP contribution in [0.1, 0.15) is 56.4 Å². The van der Waals surface area contributed by atoms with E-state index in [4.69, 9.17) is 23.2 Å². The lowest BCUT2D eigenvalue weighted by Gasteiger charge is -2.21. The second kappa shape index (κ2) is 7.75. The molecule has 2 aromatic carbocycles. The summed E-state index contributed by atoms with van der Waals surface area (Å²) in [5.41, 5.74) is 1.17. The van der Waals surface area contributed by atoms with Crippen LogP contribution in [-0.4, -0.2) is 0 Å². The van der Waals surface area contributed by atoms with Crippen molar-refractivity contribution in [1.29, 1.82) is 0 Å². The Hall–Kier alpha value is -0.670. The number of fused-ring (bicyclic) bond motifs is 2. The van der Waals surface area contributed by atoms with E-state index in [0.29, 0.717) is 0 Å². The van der Waals surface area contributed by atoms with E-state index < -0.39 is 0 Å². The van der Waals surface area contributed by atoms with Gasteiger partial charge in [0.1, 0.15) is 0 Å². The SMILES string of the molecule is CCCCC1=C(Cl)c2cccc3c2c(cc2sc(CCCC)c(Cl)c23)S1. The number of allylic oxidation sites excluding steroid dienone is 1. The summed E-state index contributed by atoms with van der Waals surface area (Å²) in [5, 5.41) is 5.61. The molecule has 4 heteroatoms. The second-order valence-corrected chi connectivity index (χ2v) is 9.89. The second-order valence-electron chi connectivity index (χ2n) is 6.86. The van der Waals surface area contributed by atoms with E-state index in [9.17, 15) is 0 Å². The summed E-state index contributed by atoms with van der Waals surface area (Å²) in [7, 11) is 0. The fourth-order valence-electron chi connectivity index (χ4n) is 3.63. The van der Waals surface area contributed by atoms with Gasteiger partial charge in [-0.05, 0) is 37.1 Å². The minimum absolute atomic E-state index is 0.929. The first-order valence-electron chi connectivity index (χ1n) is 9.39. The first-order valence-corrected chi connectivity index (χ1v) is 11.8. The topological polar surface area (TPSA) is 0 Å². The summed E-state index contributed by atoms with van der Waals surface area (Å²) < 4.78 is 1.31. The van der Waals surface area contributed by atoms with Crippen molar-refractivity contribution in [2.45, 2.75) is 57.3 Å². The molecule has 26 heavy (non-hydrogen) atoms. The number of halogens is 2. The van der Waals surface area contributed by atoms with Gasteiger partial charge in [-0.2, -0.15) is 0 Å². The molecule has 1 aliphatic heterocycles. The van der Waals surface area contributed by atoms with Gasteiger partial charge in [0.15, 0.2) is 0 Å². The lowest BCUT2D eigenvalue weighted by Crippen LogP contribution is -1.95. The van der Waals surface area contributed by atoms with Gasteiger partial charge in [-0.25, -0.2) is 0 Å². The molecule has 4 rings (SSSR count). The van der Waals surface area contributed by atoms with Gasteiger partial charge >= 0.3 is 0 Å². The maximum Gasteiger partial charge on any atom is 0.0630 e. The minimum Gasteiger partial charge on any atom is -0.139 e. The van der Waals surface area contributed by atoms with Crippen LogP contribution in [0.4, 0.5) is 0 Å². The molecule has 0 fully saturated rings. The lowest BCUT2D eigenvalue weighted by molar-refractivity contribution is 0.804. The van der Waals surface area contributed by atoms with Crippen LogP contribution in [0.3, 0.4) is 0 Å². The number of aryl methyl sites for hydroxylation is 1. The van der Waals surface area contributed by atoms with Gasteiger partial charge in [0.25, 0.3) is 0 Å². The van der Waals surface area contributed by atoms with Crippen LogP contribution in [-0.2, 0) is 6.42 Å². The largest absolute Gasteiger partial charge is 0.139 e. The normalized spacial score (nSPS) is 14.0. The molecule has 0 spiro atoms. The van der Waals surface area contributed by atoms with Crippen LogP contribution in [0, 0.1) is 0 Å². The zero-order valence-electron chi connectivity index (χ0n) is 15.1. The third-order valence-electron chi connectivity index (χ3n) is 5.02. The van der Waals surface area contributed by atoms with Crippen molar-refractivity contribution >= 4 is 72.2 Å². The molecular weight excluding hydrogens is 399 g/mol. The van der Waals surface area contributed by atoms with Crippen molar-refractivity contribution in [3.63, 3.8) is 0 Å². The zero-order chi connectivity index (χ0) is 18.3. The summed E-state index contributed by atoms with van der Waals surface area (Å²) in [4.78, 5) is 3.96. The van der Waals surface area contributed by atoms with E-state index in [2.05, 4.69) is 38.1 Å². The van der Waals surface area contributed by atoms with Crippen LogP contribution in [0.2, 0.25) is 5.02 Å². The van der Waals surface area contributed by atoms with Gasteiger partial charge in [0, 0.05) is 35.7 Å². The molecule has 0 aliphatic carbocycles. The number of thioether (sulfide) groups is 1. The Kier molecular flexibility index (Phi) is 5.57. The Morgan fingerprint density at radius 1 is 0.962 bits per heavy atom. The number of unbranched alkanes of at least 4 members (excludes halogenated alkanes) is 2. The molecule has 1 aromatic heterocycles. The molecule has 0 amide bonds. The highest BCUT2D eigenvalue weighted by atomic mass is 35.5. The van der Waals surface area contributed by atoms with E-state index in [-0.39, 0.29) is 0 Å². The third kappa shape index (κ3) is 3.09. The van der Waals surface area contributed by atoms with Crippen LogP contribution < -0.4 is 0 Å². The van der Waals surface area contributed by atoms with Gasteiger partial charge in [-0.1, -0.05) is 79.9 Å². The molecule has 1 aliphatic rings. The molecule has 0 nitrogen and oxygen atoms in total. The highest BCUT2D eigenvalue weighted by Crippen LogP contribution is 2.52. The van der Waals surface area contributed by atoms with Crippen molar-refractivity contribution in [3.8, 4) is 0 Å². The van der Waals surface area contributed by atoms with Crippen molar-refractivity contribution in [1.82, 2.24) is 0 Å². The molecule has 2 heterocycles. The van der Waals surface area contributed by atoms with E-state index >= 15 is 0 Å². The van der Waals surface area contributed by atoms with Crippen molar-refractivity contribution in [3.05, 3.63) is 44.6 Å². The standard InChI is InChI=1S/C22H22Cl2S2/c1-3-5-10-15-21(23)14-9-7-8-13-19(14)17(25-15)12-18-20(13)22(24)16(26-18)11-6-4-2/h7-9,12H,3-6,10-11H2,1-2H3. The van der Waals surface area contributed by atoms with E-state index in [0.717, 1.165) is 22.9 Å².